The smallest absolute Gasteiger partial charge is 0.155 e. The maximum absolute atomic E-state index is 9.87. The second-order valence-corrected chi connectivity index (χ2v) is 7.58. The van der Waals surface area contributed by atoms with Crippen molar-refractivity contribution in [2.75, 3.05) is 6.61 Å². The minimum absolute atomic E-state index is 0.00711. The molecule has 32 heavy (non-hydrogen) atoms. The van der Waals surface area contributed by atoms with Gasteiger partial charge in [-0.1, -0.05) is 36.4 Å². The van der Waals surface area contributed by atoms with E-state index in [1.165, 1.54) is 6.33 Å². The monoisotopic (exact) mass is 425 g/mol. The number of rotatable bonds is 7. The Labute approximate surface area is 185 Å². The molecule has 1 aromatic carbocycles. The summed E-state index contributed by atoms with van der Waals surface area (Å²) in [6.07, 6.45) is 3.44. The van der Waals surface area contributed by atoms with Gasteiger partial charge in [0.05, 0.1) is 36.3 Å². The number of H-pyrrole nitrogens is 1. The molecule has 0 aliphatic heterocycles. The van der Waals surface area contributed by atoms with Gasteiger partial charge in [-0.25, -0.2) is 14.5 Å². The molecular weight excluding hydrogens is 402 g/mol. The lowest BCUT2D eigenvalue weighted by molar-refractivity contribution is 0.243. The second-order valence-electron chi connectivity index (χ2n) is 7.58. The Morgan fingerprint density at radius 3 is 2.72 bits per heavy atom. The van der Waals surface area contributed by atoms with E-state index in [1.54, 1.807) is 4.52 Å². The van der Waals surface area contributed by atoms with Crippen LogP contribution >= 0.6 is 0 Å². The van der Waals surface area contributed by atoms with Crippen LogP contribution in [0.5, 0.6) is 0 Å². The molecule has 5 aromatic rings. The van der Waals surface area contributed by atoms with Crippen LogP contribution in [0.3, 0.4) is 0 Å². The van der Waals surface area contributed by atoms with Gasteiger partial charge in [-0.3, -0.25) is 4.98 Å². The largest absolute Gasteiger partial charge is 0.394 e. The topological polar surface area (TPSA) is 104 Å². The SMILES string of the molecule is Cc1cccc(-c2[nH]c(CN[C@@H](CO)c3ccccc3)nc2-c2ccc3ncnn3c2)n1. The molecule has 0 fully saturated rings. The molecule has 0 spiro atoms. The van der Waals surface area contributed by atoms with Crippen molar-refractivity contribution >= 4 is 5.65 Å². The molecule has 8 nitrogen and oxygen atoms in total. The fourth-order valence-electron chi connectivity index (χ4n) is 3.73. The zero-order valence-corrected chi connectivity index (χ0v) is 17.6. The number of imidazole rings is 1. The third-order valence-corrected chi connectivity index (χ3v) is 5.35. The Balaban J connectivity index is 1.50. The first-order chi connectivity index (χ1) is 15.7. The average Bonchev–Trinajstić information content (AvgIpc) is 3.47. The van der Waals surface area contributed by atoms with E-state index in [4.69, 9.17) is 4.98 Å². The number of fused-ring (bicyclic) bond motifs is 1. The molecule has 8 heteroatoms. The van der Waals surface area contributed by atoms with E-state index in [2.05, 4.69) is 25.4 Å². The lowest BCUT2D eigenvalue weighted by Gasteiger charge is -2.15. The molecule has 5 rings (SSSR count). The summed E-state index contributed by atoms with van der Waals surface area (Å²) in [6, 6.07) is 19.5. The van der Waals surface area contributed by atoms with Gasteiger partial charge in [0.15, 0.2) is 5.65 Å². The molecule has 0 saturated heterocycles. The van der Waals surface area contributed by atoms with Crippen LogP contribution in [-0.2, 0) is 6.54 Å². The van der Waals surface area contributed by atoms with Gasteiger partial charge in [0.25, 0.3) is 0 Å². The molecule has 0 amide bonds. The molecule has 0 aliphatic carbocycles. The molecule has 4 aromatic heterocycles. The Bertz CT molecular complexity index is 1340. The van der Waals surface area contributed by atoms with Gasteiger partial charge < -0.3 is 15.4 Å². The van der Waals surface area contributed by atoms with E-state index in [-0.39, 0.29) is 12.6 Å². The highest BCUT2D eigenvalue weighted by Gasteiger charge is 2.17. The number of aryl methyl sites for hydroxylation is 1. The van der Waals surface area contributed by atoms with Crippen LogP contribution in [-0.4, -0.2) is 41.3 Å². The van der Waals surface area contributed by atoms with Gasteiger partial charge >= 0.3 is 0 Å². The van der Waals surface area contributed by atoms with E-state index in [0.29, 0.717) is 6.54 Å². The van der Waals surface area contributed by atoms with E-state index in [0.717, 1.165) is 45.4 Å². The van der Waals surface area contributed by atoms with E-state index in [1.807, 2.05) is 73.8 Å². The zero-order valence-electron chi connectivity index (χ0n) is 17.6. The number of pyridine rings is 2. The number of nitrogens with one attached hydrogen (secondary N) is 2. The lowest BCUT2D eigenvalue weighted by Crippen LogP contribution is -2.24. The Morgan fingerprint density at radius 1 is 1.03 bits per heavy atom. The number of aliphatic hydroxyl groups excluding tert-OH is 1. The lowest BCUT2D eigenvalue weighted by atomic mass is 10.1. The molecule has 0 unspecified atom stereocenters. The van der Waals surface area contributed by atoms with Crippen LogP contribution < -0.4 is 5.32 Å². The third kappa shape index (κ3) is 4.01. The summed E-state index contributed by atoms with van der Waals surface area (Å²) in [5, 5.41) is 17.5. The van der Waals surface area contributed by atoms with Gasteiger partial charge in [0, 0.05) is 17.5 Å². The van der Waals surface area contributed by atoms with Crippen molar-refractivity contribution in [3.63, 3.8) is 0 Å². The normalized spacial score (nSPS) is 12.3. The maximum atomic E-state index is 9.87. The van der Waals surface area contributed by atoms with Crippen LogP contribution in [0.25, 0.3) is 28.3 Å². The zero-order chi connectivity index (χ0) is 21.9. The van der Waals surface area contributed by atoms with Gasteiger partial charge in [0.2, 0.25) is 0 Å². The van der Waals surface area contributed by atoms with Crippen molar-refractivity contribution in [1.29, 1.82) is 0 Å². The van der Waals surface area contributed by atoms with Crippen LogP contribution in [0.4, 0.5) is 0 Å². The number of hydrogen-bond donors (Lipinski definition) is 3. The van der Waals surface area contributed by atoms with Gasteiger partial charge in [-0.2, -0.15) is 5.10 Å². The fourth-order valence-corrected chi connectivity index (χ4v) is 3.73. The highest BCUT2D eigenvalue weighted by atomic mass is 16.3. The molecule has 0 bridgehead atoms. The Kier molecular flexibility index (Phi) is 5.45. The van der Waals surface area contributed by atoms with E-state index in [9.17, 15) is 5.11 Å². The van der Waals surface area contributed by atoms with Crippen LogP contribution in [0.2, 0.25) is 0 Å². The number of hydrogen-bond acceptors (Lipinski definition) is 6. The molecule has 4 heterocycles. The molecule has 1 atom stereocenters. The highest BCUT2D eigenvalue weighted by Crippen LogP contribution is 2.29. The van der Waals surface area contributed by atoms with Gasteiger partial charge in [0.1, 0.15) is 12.2 Å². The first-order valence-corrected chi connectivity index (χ1v) is 10.4. The van der Waals surface area contributed by atoms with Crippen molar-refractivity contribution < 1.29 is 5.11 Å². The van der Waals surface area contributed by atoms with Crippen molar-refractivity contribution in [2.45, 2.75) is 19.5 Å². The summed E-state index contributed by atoms with van der Waals surface area (Å²) in [7, 11) is 0. The summed E-state index contributed by atoms with van der Waals surface area (Å²) < 4.78 is 1.73. The fraction of sp³-hybridized carbons (Fsp3) is 0.167. The Hall–Kier alpha value is -3.88. The minimum Gasteiger partial charge on any atom is -0.394 e. The number of aromatic amines is 1. The molecule has 0 aliphatic rings. The van der Waals surface area contributed by atoms with Crippen molar-refractivity contribution in [3.05, 3.63) is 90.3 Å². The molecule has 3 N–H and O–H groups in total. The summed E-state index contributed by atoms with van der Waals surface area (Å²) in [6.45, 7) is 2.42. The quantitative estimate of drug-likeness (QED) is 0.370. The first-order valence-electron chi connectivity index (χ1n) is 10.4. The maximum Gasteiger partial charge on any atom is 0.155 e. The van der Waals surface area contributed by atoms with Crippen molar-refractivity contribution in [3.8, 4) is 22.6 Å². The Morgan fingerprint density at radius 2 is 1.91 bits per heavy atom. The van der Waals surface area contributed by atoms with Crippen molar-refractivity contribution in [2.24, 2.45) is 0 Å². The van der Waals surface area contributed by atoms with E-state index >= 15 is 0 Å². The number of benzene rings is 1. The van der Waals surface area contributed by atoms with Gasteiger partial charge in [-0.05, 0) is 36.8 Å². The molecule has 0 saturated carbocycles. The highest BCUT2D eigenvalue weighted by molar-refractivity contribution is 5.77. The molecule has 160 valence electrons. The minimum atomic E-state index is -0.184. The predicted octanol–water partition coefficient (Wildman–Crippen LogP) is 3.31. The number of aliphatic hydroxyl groups is 1. The molecule has 0 radical (unpaired) electrons. The summed E-state index contributed by atoms with van der Waals surface area (Å²) in [4.78, 5) is 17.2. The van der Waals surface area contributed by atoms with Crippen LogP contribution in [0.1, 0.15) is 23.1 Å². The third-order valence-electron chi connectivity index (χ3n) is 5.35. The summed E-state index contributed by atoms with van der Waals surface area (Å²) in [5.74, 6) is 0.756. The van der Waals surface area contributed by atoms with Crippen LogP contribution in [0, 0.1) is 6.92 Å². The van der Waals surface area contributed by atoms with Crippen molar-refractivity contribution in [1.82, 2.24) is 34.9 Å². The molecular formula is C24H23N7O. The second kappa shape index (κ2) is 8.70. The number of aromatic nitrogens is 6. The average molecular weight is 425 g/mol. The summed E-state index contributed by atoms with van der Waals surface area (Å²) in [5.41, 5.74) is 6.08. The van der Waals surface area contributed by atoms with Gasteiger partial charge in [-0.15, -0.1) is 0 Å². The van der Waals surface area contributed by atoms with Crippen LogP contribution in [0.15, 0.2) is 73.2 Å². The predicted molar refractivity (Wildman–Crippen MR) is 122 cm³/mol. The summed E-state index contributed by atoms with van der Waals surface area (Å²) >= 11 is 0. The standard InChI is InChI=1S/C24H23N7O/c1-16-6-5-9-19(28-16)24-23(18-10-11-22-26-15-27-31(22)13-18)29-21(30-24)12-25-20(14-32)17-7-3-2-4-8-17/h2-11,13,15,20,25,32H,12,14H2,1H3,(H,29,30)/t20-/m0/s1. The number of nitrogens with zero attached hydrogens (tertiary/aromatic N) is 5. The first kappa shape index (κ1) is 20.0. The van der Waals surface area contributed by atoms with E-state index < -0.39 is 0 Å².